The molecule has 128 valence electrons. The molecule has 0 aromatic rings. The molecule has 0 bridgehead atoms. The van der Waals surface area contributed by atoms with Gasteiger partial charge in [0, 0.05) is 18.2 Å². The lowest BCUT2D eigenvalue weighted by Gasteiger charge is -2.16. The summed E-state index contributed by atoms with van der Waals surface area (Å²) in [5.41, 5.74) is 0. The standard InChI is InChI=1S/C6H14OS.C5H9NO3.C4H10/c1-4(2)6(8)5(3)7;7-4-6-3-1-2-5(8)9;1-4(2)3/h4-8H,1-3H3;4H,1-3H2,(H,6,7)(H,8,9);4H,1-3H3. The highest BCUT2D eigenvalue weighted by atomic mass is 32.1. The third-order valence-electron chi connectivity index (χ3n) is 1.97. The summed E-state index contributed by atoms with van der Waals surface area (Å²) in [6.45, 7) is 12.8. The van der Waals surface area contributed by atoms with Crippen LogP contribution in [-0.4, -0.2) is 40.5 Å². The minimum absolute atomic E-state index is 0.112. The van der Waals surface area contributed by atoms with Crippen LogP contribution >= 0.6 is 12.6 Å². The van der Waals surface area contributed by atoms with E-state index in [1.54, 1.807) is 6.92 Å². The van der Waals surface area contributed by atoms with Crippen molar-refractivity contribution in [3.05, 3.63) is 0 Å². The molecule has 2 atom stereocenters. The number of carboxylic acid groups (broad SMARTS) is 1. The third kappa shape index (κ3) is 32.6. The highest BCUT2D eigenvalue weighted by Gasteiger charge is 2.12. The SMILES string of the molecule is CC(C)C.CC(C)C(S)C(C)O.O=CNCCCC(=O)O. The van der Waals surface area contributed by atoms with E-state index < -0.39 is 5.97 Å². The fraction of sp³-hybridized carbons (Fsp3) is 0.867. The zero-order valence-corrected chi connectivity index (χ0v) is 15.1. The van der Waals surface area contributed by atoms with Gasteiger partial charge in [-0.2, -0.15) is 12.6 Å². The number of rotatable bonds is 7. The second-order valence-corrected chi connectivity index (χ2v) is 6.37. The van der Waals surface area contributed by atoms with E-state index in [-0.39, 0.29) is 17.8 Å². The number of aliphatic carboxylic acids is 1. The molecule has 0 saturated heterocycles. The zero-order valence-electron chi connectivity index (χ0n) is 14.2. The Bertz CT molecular complexity index is 235. The van der Waals surface area contributed by atoms with Crippen LogP contribution in [0.1, 0.15) is 54.4 Å². The van der Waals surface area contributed by atoms with Gasteiger partial charge in [0.1, 0.15) is 0 Å². The van der Waals surface area contributed by atoms with Gasteiger partial charge in [-0.25, -0.2) is 0 Å². The number of carbonyl (C=O) groups excluding carboxylic acids is 1. The van der Waals surface area contributed by atoms with E-state index >= 15 is 0 Å². The molecule has 0 saturated carbocycles. The number of aliphatic hydroxyl groups is 1. The van der Waals surface area contributed by atoms with Crippen molar-refractivity contribution in [1.82, 2.24) is 5.32 Å². The van der Waals surface area contributed by atoms with Crippen molar-refractivity contribution < 1.29 is 19.8 Å². The lowest BCUT2D eigenvalue weighted by Crippen LogP contribution is -2.22. The first-order chi connectivity index (χ1) is 9.56. The molecule has 0 fully saturated rings. The number of aliphatic hydroxyl groups excluding tert-OH is 1. The topological polar surface area (TPSA) is 86.6 Å². The Labute approximate surface area is 134 Å². The molecule has 1 amide bonds. The summed E-state index contributed by atoms with van der Waals surface area (Å²) < 4.78 is 0. The highest BCUT2D eigenvalue weighted by molar-refractivity contribution is 7.81. The molecule has 6 heteroatoms. The summed E-state index contributed by atoms with van der Waals surface area (Å²) in [5, 5.41) is 19.5. The summed E-state index contributed by atoms with van der Waals surface area (Å²) in [7, 11) is 0. The van der Waals surface area contributed by atoms with Crippen molar-refractivity contribution in [1.29, 1.82) is 0 Å². The Balaban J connectivity index is -0.000000249. The number of hydrogen-bond donors (Lipinski definition) is 4. The van der Waals surface area contributed by atoms with E-state index in [9.17, 15) is 9.59 Å². The van der Waals surface area contributed by atoms with Gasteiger partial charge < -0.3 is 15.5 Å². The van der Waals surface area contributed by atoms with Crippen LogP contribution in [0.4, 0.5) is 0 Å². The molecule has 0 rings (SSSR count). The van der Waals surface area contributed by atoms with Crippen molar-refractivity contribution in [3.8, 4) is 0 Å². The van der Waals surface area contributed by atoms with Gasteiger partial charge in [-0.3, -0.25) is 9.59 Å². The summed E-state index contributed by atoms with van der Waals surface area (Å²) in [6.07, 6.45) is 0.870. The first-order valence-electron chi connectivity index (χ1n) is 7.31. The Hall–Kier alpha value is -0.750. The number of carboxylic acids is 1. The Morgan fingerprint density at radius 3 is 1.81 bits per heavy atom. The monoisotopic (exact) mass is 323 g/mol. The maximum atomic E-state index is 9.85. The molecule has 21 heavy (non-hydrogen) atoms. The molecule has 3 N–H and O–H groups in total. The summed E-state index contributed by atoms with van der Waals surface area (Å²) in [6, 6.07) is 0. The van der Waals surface area contributed by atoms with E-state index in [1.807, 2.05) is 13.8 Å². The summed E-state index contributed by atoms with van der Waals surface area (Å²) in [4.78, 5) is 19.4. The lowest BCUT2D eigenvalue weighted by molar-refractivity contribution is -0.137. The molecular formula is C15H33NO4S. The smallest absolute Gasteiger partial charge is 0.303 e. The Kier molecular flexibility index (Phi) is 20.8. The number of nitrogens with one attached hydrogen (secondary N) is 1. The molecule has 0 aromatic carbocycles. The highest BCUT2D eigenvalue weighted by Crippen LogP contribution is 2.12. The molecule has 0 radical (unpaired) electrons. The maximum Gasteiger partial charge on any atom is 0.303 e. The van der Waals surface area contributed by atoms with E-state index in [0.29, 0.717) is 25.3 Å². The largest absolute Gasteiger partial charge is 0.481 e. The molecule has 2 unspecified atom stereocenters. The van der Waals surface area contributed by atoms with E-state index in [4.69, 9.17) is 10.2 Å². The molecule has 0 spiro atoms. The maximum absolute atomic E-state index is 9.85. The predicted octanol–water partition coefficient (Wildman–Crippen LogP) is 2.58. The Morgan fingerprint density at radius 1 is 1.19 bits per heavy atom. The van der Waals surface area contributed by atoms with Crippen LogP contribution < -0.4 is 5.32 Å². The lowest BCUT2D eigenvalue weighted by atomic mass is 10.1. The second-order valence-electron chi connectivity index (χ2n) is 5.78. The average molecular weight is 323 g/mol. The molecule has 0 aromatic heterocycles. The zero-order chi connectivity index (χ0) is 17.4. The van der Waals surface area contributed by atoms with E-state index in [0.717, 1.165) is 5.92 Å². The number of thiol groups is 1. The van der Waals surface area contributed by atoms with Crippen molar-refractivity contribution in [2.24, 2.45) is 11.8 Å². The summed E-state index contributed by atoms with van der Waals surface area (Å²) in [5.74, 6) is 0.459. The normalized spacial score (nSPS) is 12.5. The van der Waals surface area contributed by atoms with Crippen molar-refractivity contribution >= 4 is 25.0 Å². The number of amides is 1. The van der Waals surface area contributed by atoms with Crippen LogP contribution in [0, 0.1) is 11.8 Å². The third-order valence-corrected chi connectivity index (χ3v) is 3.00. The van der Waals surface area contributed by atoms with Crippen LogP contribution in [0.25, 0.3) is 0 Å². The number of carbonyl (C=O) groups is 2. The fourth-order valence-corrected chi connectivity index (χ4v) is 0.958. The predicted molar refractivity (Wildman–Crippen MR) is 90.7 cm³/mol. The van der Waals surface area contributed by atoms with Crippen LogP contribution in [0.2, 0.25) is 0 Å². The quantitative estimate of drug-likeness (QED) is 0.329. The van der Waals surface area contributed by atoms with Crippen LogP contribution in [-0.2, 0) is 9.59 Å². The Morgan fingerprint density at radius 2 is 1.62 bits per heavy atom. The minimum atomic E-state index is -0.831. The average Bonchev–Trinajstić information content (AvgIpc) is 2.33. The van der Waals surface area contributed by atoms with Gasteiger partial charge in [-0.1, -0.05) is 34.6 Å². The summed E-state index contributed by atoms with van der Waals surface area (Å²) >= 11 is 4.17. The molecule has 5 nitrogen and oxygen atoms in total. The van der Waals surface area contributed by atoms with Crippen LogP contribution in [0.15, 0.2) is 0 Å². The van der Waals surface area contributed by atoms with Crippen molar-refractivity contribution in [2.45, 2.75) is 65.7 Å². The molecule has 0 aliphatic heterocycles. The van der Waals surface area contributed by atoms with Gasteiger partial charge in [-0.15, -0.1) is 0 Å². The van der Waals surface area contributed by atoms with Gasteiger partial charge in [0.05, 0.1) is 6.10 Å². The molecule has 0 aliphatic carbocycles. The first-order valence-corrected chi connectivity index (χ1v) is 7.82. The van der Waals surface area contributed by atoms with E-state index in [1.165, 1.54) is 0 Å². The van der Waals surface area contributed by atoms with Gasteiger partial charge >= 0.3 is 5.97 Å². The molecular weight excluding hydrogens is 290 g/mol. The first kappa shape index (κ1) is 25.2. The van der Waals surface area contributed by atoms with Crippen molar-refractivity contribution in [3.63, 3.8) is 0 Å². The van der Waals surface area contributed by atoms with Gasteiger partial charge in [0.25, 0.3) is 0 Å². The fourth-order valence-electron chi connectivity index (χ4n) is 0.958. The molecule has 0 heterocycles. The molecule has 0 aliphatic rings. The minimum Gasteiger partial charge on any atom is -0.481 e. The van der Waals surface area contributed by atoms with Crippen LogP contribution in [0.5, 0.6) is 0 Å². The van der Waals surface area contributed by atoms with Gasteiger partial charge in [-0.05, 0) is 25.2 Å². The van der Waals surface area contributed by atoms with Crippen molar-refractivity contribution in [2.75, 3.05) is 6.54 Å². The van der Waals surface area contributed by atoms with E-state index in [2.05, 4.69) is 38.7 Å². The second kappa shape index (κ2) is 17.3. The van der Waals surface area contributed by atoms with Gasteiger partial charge in [0.2, 0.25) is 6.41 Å². The van der Waals surface area contributed by atoms with Crippen LogP contribution in [0.3, 0.4) is 0 Å². The number of hydrogen-bond acceptors (Lipinski definition) is 4. The van der Waals surface area contributed by atoms with Gasteiger partial charge in [0.15, 0.2) is 0 Å².